The minimum absolute atomic E-state index is 0.281. The fourth-order valence-electron chi connectivity index (χ4n) is 2.04. The van der Waals surface area contributed by atoms with Crippen molar-refractivity contribution >= 4 is 43.2 Å². The van der Waals surface area contributed by atoms with Gasteiger partial charge in [0.2, 0.25) is 0 Å². The van der Waals surface area contributed by atoms with E-state index in [4.69, 9.17) is 4.74 Å². The van der Waals surface area contributed by atoms with E-state index < -0.39 is 0 Å². The van der Waals surface area contributed by atoms with E-state index in [0.29, 0.717) is 6.61 Å². The summed E-state index contributed by atoms with van der Waals surface area (Å²) < 4.78 is 8.19. The average molecular weight is 433 g/mol. The summed E-state index contributed by atoms with van der Waals surface area (Å²) in [6.45, 7) is 5.95. The molecule has 5 heteroatoms. The van der Waals surface area contributed by atoms with E-state index in [-0.39, 0.29) is 6.04 Å². The summed E-state index contributed by atoms with van der Waals surface area (Å²) in [5.74, 6) is 0.935. The first kappa shape index (κ1) is 17.0. The molecule has 0 radical (unpaired) electrons. The minimum atomic E-state index is 0.281. The molecular weight excluding hydrogens is 414 g/mol. The van der Waals surface area contributed by atoms with Crippen LogP contribution in [-0.4, -0.2) is 6.54 Å². The molecule has 2 aromatic rings. The van der Waals surface area contributed by atoms with Crippen LogP contribution in [0.25, 0.3) is 0 Å². The van der Waals surface area contributed by atoms with Crippen LogP contribution in [0.3, 0.4) is 0 Å². The molecule has 0 spiro atoms. The third kappa shape index (κ3) is 5.09. The normalized spacial score (nSPS) is 12.4. The van der Waals surface area contributed by atoms with Gasteiger partial charge < -0.3 is 10.1 Å². The highest BCUT2D eigenvalue weighted by Gasteiger charge is 2.12. The van der Waals surface area contributed by atoms with E-state index in [2.05, 4.69) is 74.6 Å². The highest BCUT2D eigenvalue weighted by Crippen LogP contribution is 2.30. The second kappa shape index (κ2) is 8.32. The molecule has 0 bridgehead atoms. The fraction of sp³-hybridized carbons (Fsp3) is 0.375. The van der Waals surface area contributed by atoms with Crippen LogP contribution in [0.1, 0.15) is 36.8 Å². The highest BCUT2D eigenvalue weighted by molar-refractivity contribution is 9.10. The number of rotatable bonds is 7. The smallest absolute Gasteiger partial charge is 0.125 e. The Morgan fingerprint density at radius 1 is 1.24 bits per heavy atom. The molecule has 1 aromatic carbocycles. The first-order valence-electron chi connectivity index (χ1n) is 6.98. The molecule has 2 rings (SSSR count). The Balaban J connectivity index is 2.10. The Morgan fingerprint density at radius 2 is 2.05 bits per heavy atom. The lowest BCUT2D eigenvalue weighted by Gasteiger charge is -2.18. The second-order valence-corrected chi connectivity index (χ2v) is 7.71. The molecule has 114 valence electrons. The van der Waals surface area contributed by atoms with Crippen LogP contribution >= 0.6 is 43.2 Å². The van der Waals surface area contributed by atoms with Crippen molar-refractivity contribution in [3.05, 3.63) is 49.0 Å². The van der Waals surface area contributed by atoms with Gasteiger partial charge in [-0.2, -0.15) is 0 Å². The molecule has 1 heterocycles. The number of ether oxygens (including phenoxy) is 1. The van der Waals surface area contributed by atoms with Gasteiger partial charge in [0.15, 0.2) is 0 Å². The highest BCUT2D eigenvalue weighted by atomic mass is 79.9. The second-order valence-electron chi connectivity index (χ2n) is 4.88. The summed E-state index contributed by atoms with van der Waals surface area (Å²) >= 11 is 8.70. The standard InChI is InChI=1S/C16H19Br2NOS/c1-3-6-19-11(2)15-5-4-12(17)8-16(15)20-9-14-7-13(18)10-21-14/h4-5,7-8,10-11,19H,3,6,9H2,1-2H3. The monoisotopic (exact) mass is 431 g/mol. The molecule has 1 N–H and O–H groups in total. The summed E-state index contributed by atoms with van der Waals surface area (Å²) in [6, 6.07) is 8.61. The maximum atomic E-state index is 6.04. The predicted octanol–water partition coefficient (Wildman–Crippen LogP) is 5.91. The van der Waals surface area contributed by atoms with Gasteiger partial charge in [0.05, 0.1) is 0 Å². The zero-order chi connectivity index (χ0) is 15.2. The third-order valence-corrected chi connectivity index (χ3v) is 5.30. The number of halogens is 2. The van der Waals surface area contributed by atoms with Gasteiger partial charge in [0.25, 0.3) is 0 Å². The topological polar surface area (TPSA) is 21.3 Å². The predicted molar refractivity (Wildman–Crippen MR) is 97.2 cm³/mol. The zero-order valence-electron chi connectivity index (χ0n) is 12.2. The van der Waals surface area contributed by atoms with Crippen LogP contribution in [0.2, 0.25) is 0 Å². The molecule has 0 fully saturated rings. The molecule has 0 saturated heterocycles. The largest absolute Gasteiger partial charge is 0.488 e. The molecule has 1 unspecified atom stereocenters. The third-order valence-electron chi connectivity index (χ3n) is 3.13. The van der Waals surface area contributed by atoms with Crippen LogP contribution < -0.4 is 10.1 Å². The van der Waals surface area contributed by atoms with Crippen molar-refractivity contribution in [1.29, 1.82) is 0 Å². The van der Waals surface area contributed by atoms with Gasteiger partial charge in [0.1, 0.15) is 12.4 Å². The van der Waals surface area contributed by atoms with Crippen LogP contribution in [-0.2, 0) is 6.61 Å². The minimum Gasteiger partial charge on any atom is -0.488 e. The maximum Gasteiger partial charge on any atom is 0.125 e. The van der Waals surface area contributed by atoms with Crippen molar-refractivity contribution in [2.75, 3.05) is 6.54 Å². The molecule has 1 aromatic heterocycles. The van der Waals surface area contributed by atoms with Crippen molar-refractivity contribution in [3.8, 4) is 5.75 Å². The Hall–Kier alpha value is -0.360. The van der Waals surface area contributed by atoms with Gasteiger partial charge in [0, 0.05) is 30.8 Å². The van der Waals surface area contributed by atoms with Gasteiger partial charge in [-0.1, -0.05) is 28.9 Å². The summed E-state index contributed by atoms with van der Waals surface area (Å²) in [7, 11) is 0. The molecule has 0 amide bonds. The maximum absolute atomic E-state index is 6.04. The quantitative estimate of drug-likeness (QED) is 0.586. The van der Waals surface area contributed by atoms with Gasteiger partial charge in [-0.05, 0) is 54.0 Å². The van der Waals surface area contributed by atoms with Gasteiger partial charge in [-0.25, -0.2) is 0 Å². The van der Waals surface area contributed by atoms with Crippen molar-refractivity contribution in [2.45, 2.75) is 32.9 Å². The number of hydrogen-bond acceptors (Lipinski definition) is 3. The SMILES string of the molecule is CCCNC(C)c1ccc(Br)cc1OCc1cc(Br)cs1. The van der Waals surface area contributed by atoms with E-state index in [0.717, 1.165) is 27.7 Å². The van der Waals surface area contributed by atoms with Crippen LogP contribution in [0.5, 0.6) is 5.75 Å². The molecular formula is C16H19Br2NOS. The van der Waals surface area contributed by atoms with E-state index in [1.807, 2.05) is 6.07 Å². The van der Waals surface area contributed by atoms with Crippen molar-refractivity contribution in [2.24, 2.45) is 0 Å². The summed E-state index contributed by atoms with van der Waals surface area (Å²) in [5.41, 5.74) is 1.20. The molecule has 0 saturated carbocycles. The molecule has 0 aliphatic heterocycles. The van der Waals surface area contributed by atoms with E-state index in [1.54, 1.807) is 11.3 Å². The summed E-state index contributed by atoms with van der Waals surface area (Å²) in [5, 5.41) is 5.59. The van der Waals surface area contributed by atoms with Crippen LogP contribution in [0, 0.1) is 0 Å². The van der Waals surface area contributed by atoms with E-state index >= 15 is 0 Å². The van der Waals surface area contributed by atoms with Crippen LogP contribution in [0.15, 0.2) is 38.6 Å². The lowest BCUT2D eigenvalue weighted by molar-refractivity contribution is 0.303. The number of nitrogens with one attached hydrogen (secondary N) is 1. The number of thiophene rings is 1. The number of benzene rings is 1. The van der Waals surface area contributed by atoms with Gasteiger partial charge in [-0.3, -0.25) is 0 Å². The molecule has 0 aliphatic carbocycles. The first-order chi connectivity index (χ1) is 10.1. The summed E-state index contributed by atoms with van der Waals surface area (Å²) in [4.78, 5) is 1.21. The van der Waals surface area contributed by atoms with Gasteiger partial charge in [-0.15, -0.1) is 11.3 Å². The molecule has 0 aliphatic rings. The summed E-state index contributed by atoms with van der Waals surface area (Å²) in [6.07, 6.45) is 1.13. The lowest BCUT2D eigenvalue weighted by Crippen LogP contribution is -2.20. The van der Waals surface area contributed by atoms with E-state index in [1.165, 1.54) is 10.4 Å². The number of hydrogen-bond donors (Lipinski definition) is 1. The molecule has 2 nitrogen and oxygen atoms in total. The van der Waals surface area contributed by atoms with E-state index in [9.17, 15) is 0 Å². The Morgan fingerprint density at radius 3 is 2.71 bits per heavy atom. The van der Waals surface area contributed by atoms with Crippen molar-refractivity contribution in [1.82, 2.24) is 5.32 Å². The van der Waals surface area contributed by atoms with Crippen molar-refractivity contribution in [3.63, 3.8) is 0 Å². The Kier molecular flexibility index (Phi) is 6.74. The molecule has 1 atom stereocenters. The Labute approximate surface area is 147 Å². The van der Waals surface area contributed by atoms with Crippen LogP contribution in [0.4, 0.5) is 0 Å². The lowest BCUT2D eigenvalue weighted by atomic mass is 10.1. The average Bonchev–Trinajstić information content (AvgIpc) is 2.88. The fourth-order valence-corrected chi connectivity index (χ4v) is 3.74. The van der Waals surface area contributed by atoms with Gasteiger partial charge >= 0.3 is 0 Å². The first-order valence-corrected chi connectivity index (χ1v) is 9.45. The zero-order valence-corrected chi connectivity index (χ0v) is 16.1. The Bertz CT molecular complexity index is 585. The van der Waals surface area contributed by atoms with Crippen molar-refractivity contribution < 1.29 is 4.74 Å². The molecule has 21 heavy (non-hydrogen) atoms.